The fourth-order valence-electron chi connectivity index (χ4n) is 1.37. The lowest BCUT2D eigenvalue weighted by Crippen LogP contribution is -2.27. The van der Waals surface area contributed by atoms with E-state index in [0.717, 1.165) is 19.4 Å². The molecule has 0 atom stereocenters. The quantitative estimate of drug-likeness (QED) is 0.390. The summed E-state index contributed by atoms with van der Waals surface area (Å²) < 4.78 is 5.32. The van der Waals surface area contributed by atoms with Crippen molar-refractivity contribution < 1.29 is 14.6 Å². The highest BCUT2D eigenvalue weighted by atomic mass is 16.5. The minimum absolute atomic E-state index is 0.0816. The average Bonchev–Trinajstić information content (AvgIpc) is 2.36. The number of nitrogen functional groups attached to an aromatic ring is 1. The van der Waals surface area contributed by atoms with Gasteiger partial charge in [0.25, 0.3) is 5.91 Å². The second-order valence-corrected chi connectivity index (χ2v) is 4.00. The average molecular weight is 252 g/mol. The summed E-state index contributed by atoms with van der Waals surface area (Å²) in [6.45, 7) is 3.76. The lowest BCUT2D eigenvalue weighted by atomic mass is 10.2. The Morgan fingerprint density at radius 3 is 2.89 bits per heavy atom. The van der Waals surface area contributed by atoms with Crippen LogP contribution in [0.5, 0.6) is 5.75 Å². The van der Waals surface area contributed by atoms with Crippen molar-refractivity contribution in [3.63, 3.8) is 0 Å². The number of benzene rings is 1. The first kappa shape index (κ1) is 14.3. The molecule has 0 aliphatic heterocycles. The van der Waals surface area contributed by atoms with E-state index >= 15 is 0 Å². The van der Waals surface area contributed by atoms with Gasteiger partial charge in [-0.1, -0.05) is 13.3 Å². The minimum Gasteiger partial charge on any atom is -0.506 e. The second kappa shape index (κ2) is 7.55. The number of carbonyl (C=O) groups excluding carboxylic acids is 1. The van der Waals surface area contributed by atoms with Crippen LogP contribution >= 0.6 is 0 Å². The largest absolute Gasteiger partial charge is 0.506 e. The predicted octanol–water partition coefficient (Wildman–Crippen LogP) is 1.52. The van der Waals surface area contributed by atoms with Crippen molar-refractivity contribution in [2.75, 3.05) is 25.5 Å². The van der Waals surface area contributed by atoms with Gasteiger partial charge in [0.1, 0.15) is 5.75 Å². The monoisotopic (exact) mass is 252 g/mol. The number of anilines is 1. The normalized spacial score (nSPS) is 10.3. The first-order chi connectivity index (χ1) is 8.65. The Morgan fingerprint density at radius 1 is 1.44 bits per heavy atom. The molecule has 0 radical (unpaired) electrons. The number of phenols is 1. The van der Waals surface area contributed by atoms with E-state index in [1.165, 1.54) is 12.1 Å². The molecule has 0 aliphatic carbocycles. The number of unbranched alkanes of at least 4 members (excludes halogenated alkanes) is 1. The summed E-state index contributed by atoms with van der Waals surface area (Å²) in [5.41, 5.74) is 6.10. The van der Waals surface area contributed by atoms with Crippen molar-refractivity contribution in [2.45, 2.75) is 19.8 Å². The molecule has 5 nitrogen and oxygen atoms in total. The molecule has 0 aromatic heterocycles. The third kappa shape index (κ3) is 4.63. The molecular formula is C13H20N2O3. The maximum Gasteiger partial charge on any atom is 0.251 e. The summed E-state index contributed by atoms with van der Waals surface area (Å²) in [7, 11) is 0. The van der Waals surface area contributed by atoms with E-state index in [1.54, 1.807) is 6.07 Å². The topological polar surface area (TPSA) is 84.6 Å². The molecule has 4 N–H and O–H groups in total. The molecule has 1 aromatic carbocycles. The highest BCUT2D eigenvalue weighted by molar-refractivity contribution is 5.95. The van der Waals surface area contributed by atoms with Crippen LogP contribution in [0.1, 0.15) is 30.1 Å². The highest BCUT2D eigenvalue weighted by Gasteiger charge is 2.07. The fourth-order valence-corrected chi connectivity index (χ4v) is 1.37. The molecule has 0 heterocycles. The number of carbonyl (C=O) groups is 1. The van der Waals surface area contributed by atoms with Crippen LogP contribution in [-0.2, 0) is 4.74 Å². The Kier molecular flexibility index (Phi) is 6.00. The molecule has 0 spiro atoms. The predicted molar refractivity (Wildman–Crippen MR) is 70.6 cm³/mol. The van der Waals surface area contributed by atoms with E-state index in [4.69, 9.17) is 10.5 Å². The van der Waals surface area contributed by atoms with E-state index in [0.29, 0.717) is 18.7 Å². The smallest absolute Gasteiger partial charge is 0.251 e. The van der Waals surface area contributed by atoms with E-state index in [9.17, 15) is 9.90 Å². The summed E-state index contributed by atoms with van der Waals surface area (Å²) in [4.78, 5) is 11.7. The summed E-state index contributed by atoms with van der Waals surface area (Å²) in [5.74, 6) is -0.328. The van der Waals surface area contributed by atoms with Crippen LogP contribution in [0.2, 0.25) is 0 Å². The Morgan fingerprint density at radius 2 is 2.22 bits per heavy atom. The lowest BCUT2D eigenvalue weighted by molar-refractivity contribution is 0.0912. The number of nitrogens with two attached hydrogens (primary N) is 1. The fraction of sp³-hybridized carbons (Fsp3) is 0.462. The summed E-state index contributed by atoms with van der Waals surface area (Å²) in [5, 5.41) is 12.1. The van der Waals surface area contributed by atoms with Gasteiger partial charge in [-0.05, 0) is 24.6 Å². The third-order valence-electron chi connectivity index (χ3n) is 2.47. The number of phenolic OH excluding ortho intramolecular Hbond substituents is 1. The number of amides is 1. The minimum atomic E-state index is -0.246. The van der Waals surface area contributed by atoms with Crippen LogP contribution < -0.4 is 11.1 Å². The third-order valence-corrected chi connectivity index (χ3v) is 2.47. The van der Waals surface area contributed by atoms with Crippen LogP contribution in [0.3, 0.4) is 0 Å². The van der Waals surface area contributed by atoms with Gasteiger partial charge in [0, 0.05) is 18.7 Å². The number of ether oxygens (including phenoxy) is 1. The van der Waals surface area contributed by atoms with Gasteiger partial charge >= 0.3 is 0 Å². The van der Waals surface area contributed by atoms with Crippen molar-refractivity contribution in [3.8, 4) is 5.75 Å². The summed E-state index contributed by atoms with van der Waals surface area (Å²) in [6.07, 6.45) is 2.12. The molecule has 100 valence electrons. The first-order valence-electron chi connectivity index (χ1n) is 6.09. The molecular weight excluding hydrogens is 232 g/mol. The highest BCUT2D eigenvalue weighted by Crippen LogP contribution is 2.20. The van der Waals surface area contributed by atoms with Crippen molar-refractivity contribution in [3.05, 3.63) is 23.8 Å². The molecule has 18 heavy (non-hydrogen) atoms. The SMILES string of the molecule is CCCCOCCNC(=O)c1ccc(N)c(O)c1. The Hall–Kier alpha value is -1.75. The number of hydrogen-bond donors (Lipinski definition) is 3. The molecule has 1 aromatic rings. The van der Waals surface area contributed by atoms with Crippen LogP contribution in [0.4, 0.5) is 5.69 Å². The molecule has 5 heteroatoms. The van der Waals surface area contributed by atoms with Gasteiger partial charge in [-0.2, -0.15) is 0 Å². The number of rotatable bonds is 7. The van der Waals surface area contributed by atoms with Crippen molar-refractivity contribution in [2.24, 2.45) is 0 Å². The van der Waals surface area contributed by atoms with Gasteiger partial charge in [-0.15, -0.1) is 0 Å². The van der Waals surface area contributed by atoms with Crippen LogP contribution in [0.25, 0.3) is 0 Å². The summed E-state index contributed by atoms with van der Waals surface area (Å²) >= 11 is 0. The molecule has 0 saturated heterocycles. The van der Waals surface area contributed by atoms with Crippen LogP contribution in [-0.4, -0.2) is 30.8 Å². The Balaban J connectivity index is 2.30. The zero-order chi connectivity index (χ0) is 13.4. The lowest BCUT2D eigenvalue weighted by Gasteiger charge is -2.07. The van der Waals surface area contributed by atoms with Crippen molar-refractivity contribution >= 4 is 11.6 Å². The van der Waals surface area contributed by atoms with Gasteiger partial charge in [-0.3, -0.25) is 4.79 Å². The molecule has 0 bridgehead atoms. The maximum absolute atomic E-state index is 11.7. The van der Waals surface area contributed by atoms with E-state index < -0.39 is 0 Å². The number of aromatic hydroxyl groups is 1. The number of hydrogen-bond acceptors (Lipinski definition) is 4. The van der Waals surface area contributed by atoms with E-state index in [-0.39, 0.29) is 17.3 Å². The van der Waals surface area contributed by atoms with Gasteiger partial charge in [-0.25, -0.2) is 0 Å². The molecule has 0 saturated carbocycles. The van der Waals surface area contributed by atoms with Crippen molar-refractivity contribution in [1.29, 1.82) is 0 Å². The van der Waals surface area contributed by atoms with Crippen molar-refractivity contribution in [1.82, 2.24) is 5.32 Å². The van der Waals surface area contributed by atoms with Gasteiger partial charge in [0.15, 0.2) is 0 Å². The first-order valence-corrected chi connectivity index (χ1v) is 6.09. The van der Waals surface area contributed by atoms with Gasteiger partial charge < -0.3 is 20.9 Å². The number of nitrogens with one attached hydrogen (secondary N) is 1. The van der Waals surface area contributed by atoms with Crippen LogP contribution in [0, 0.1) is 0 Å². The standard InChI is InChI=1S/C13H20N2O3/c1-2-3-7-18-8-6-15-13(17)10-4-5-11(14)12(16)9-10/h4-5,9,16H,2-3,6-8,14H2,1H3,(H,15,17). The molecule has 0 unspecified atom stereocenters. The molecule has 1 rings (SSSR count). The molecule has 0 aliphatic rings. The molecule has 1 amide bonds. The Labute approximate surface area is 107 Å². The maximum atomic E-state index is 11.7. The Bertz CT molecular complexity index is 394. The van der Waals surface area contributed by atoms with Gasteiger partial charge in [0.2, 0.25) is 0 Å². The summed E-state index contributed by atoms with van der Waals surface area (Å²) in [6, 6.07) is 4.42. The zero-order valence-corrected chi connectivity index (χ0v) is 10.6. The van der Waals surface area contributed by atoms with E-state index in [2.05, 4.69) is 12.2 Å². The molecule has 0 fully saturated rings. The van der Waals surface area contributed by atoms with Crippen LogP contribution in [0.15, 0.2) is 18.2 Å². The zero-order valence-electron chi connectivity index (χ0n) is 10.6. The second-order valence-electron chi connectivity index (χ2n) is 4.00. The van der Waals surface area contributed by atoms with Gasteiger partial charge in [0.05, 0.1) is 12.3 Å². The van der Waals surface area contributed by atoms with E-state index in [1.807, 2.05) is 0 Å².